The first-order chi connectivity index (χ1) is 13.7. The summed E-state index contributed by atoms with van der Waals surface area (Å²) < 4.78 is 28.8. The molecule has 0 N–H and O–H groups in total. The lowest BCUT2D eigenvalue weighted by atomic mass is 9.97. The number of carbonyl (C=O) groups excluding carboxylic acids is 1. The van der Waals surface area contributed by atoms with E-state index in [1.165, 1.54) is 4.90 Å². The van der Waals surface area contributed by atoms with E-state index in [-0.39, 0.29) is 12.2 Å². The fourth-order valence-corrected chi connectivity index (χ4v) is 3.88. The number of benzene rings is 2. The minimum absolute atomic E-state index is 0.166. The van der Waals surface area contributed by atoms with Crippen molar-refractivity contribution in [3.63, 3.8) is 0 Å². The topological polar surface area (TPSA) is 38.1 Å². The number of hydrogen-bond acceptors (Lipinski definition) is 2. The minimum Gasteiger partial charge on any atom is -0.329 e. The molecule has 3 aromatic rings. The summed E-state index contributed by atoms with van der Waals surface area (Å²) >= 11 is 12.4. The van der Waals surface area contributed by atoms with E-state index in [4.69, 9.17) is 23.2 Å². The zero-order valence-electron chi connectivity index (χ0n) is 15.5. The molecule has 0 radical (unpaired) electrons. The zero-order chi connectivity index (χ0) is 20.8. The lowest BCUT2D eigenvalue weighted by molar-refractivity contribution is -0.0141. The van der Waals surface area contributed by atoms with Gasteiger partial charge in [-0.2, -0.15) is 5.10 Å². The fourth-order valence-electron chi connectivity index (χ4n) is 3.53. The van der Waals surface area contributed by atoms with Crippen molar-refractivity contribution in [2.75, 3.05) is 13.1 Å². The fraction of sp³-hybridized carbons (Fsp3) is 0.238. The van der Waals surface area contributed by atoms with Crippen molar-refractivity contribution in [3.8, 4) is 22.4 Å². The molecule has 29 heavy (non-hydrogen) atoms. The number of alkyl halides is 2. The second kappa shape index (κ2) is 7.43. The molecule has 4 nitrogen and oxygen atoms in total. The Balaban J connectivity index is 1.92. The largest absolute Gasteiger partial charge is 0.329 e. The third-order valence-corrected chi connectivity index (χ3v) is 5.34. The molecule has 0 unspecified atom stereocenters. The van der Waals surface area contributed by atoms with Crippen LogP contribution in [0.1, 0.15) is 17.4 Å². The lowest BCUT2D eigenvalue weighted by Gasteiger charge is -2.30. The summed E-state index contributed by atoms with van der Waals surface area (Å²) in [6, 6.07) is 14.2. The Morgan fingerprint density at radius 2 is 1.76 bits per heavy atom. The van der Waals surface area contributed by atoms with Gasteiger partial charge in [0.05, 0.1) is 18.1 Å². The van der Waals surface area contributed by atoms with Gasteiger partial charge in [0.1, 0.15) is 11.4 Å². The smallest absolute Gasteiger partial charge is 0.273 e. The van der Waals surface area contributed by atoms with E-state index >= 15 is 0 Å². The molecule has 0 aliphatic carbocycles. The molecule has 0 atom stereocenters. The van der Waals surface area contributed by atoms with Crippen molar-refractivity contribution in [1.29, 1.82) is 0 Å². The van der Waals surface area contributed by atoms with Crippen LogP contribution in [0.2, 0.25) is 10.0 Å². The summed E-state index contributed by atoms with van der Waals surface area (Å²) in [7, 11) is 0. The third-order valence-electron chi connectivity index (χ3n) is 4.75. The van der Waals surface area contributed by atoms with Gasteiger partial charge in [0.25, 0.3) is 11.8 Å². The molecular formula is C21H17Cl2F2N3O. The lowest BCUT2D eigenvalue weighted by Crippen LogP contribution is -2.45. The molecule has 1 aromatic heterocycles. The number of halogens is 4. The first-order valence-corrected chi connectivity index (χ1v) is 9.79. The molecule has 0 spiro atoms. The molecule has 150 valence electrons. The van der Waals surface area contributed by atoms with E-state index < -0.39 is 18.4 Å². The van der Waals surface area contributed by atoms with Gasteiger partial charge >= 0.3 is 0 Å². The minimum atomic E-state index is -2.98. The molecule has 2 heterocycles. The molecule has 4 rings (SSSR count). The molecule has 1 aliphatic rings. The van der Waals surface area contributed by atoms with Crippen LogP contribution in [0.25, 0.3) is 22.4 Å². The number of rotatable bonds is 4. The molecule has 0 fully saturated rings. The Hall–Kier alpha value is -2.44. The molecule has 1 amide bonds. The maximum Gasteiger partial charge on any atom is 0.273 e. The molecule has 0 bridgehead atoms. The standard InChI is InChI=1S/C21H17Cl2F2N3O/c1-21(24,25)12-27-10-11-28-19(20(27)29)17(13-6-8-14(22)9-7-13)18(26-28)15-4-2-3-5-16(15)23/h2-9H,10-12H2,1H3. The first kappa shape index (κ1) is 19.9. The molecular weight excluding hydrogens is 419 g/mol. The van der Waals surface area contributed by atoms with Crippen LogP contribution in [-0.2, 0) is 6.54 Å². The summed E-state index contributed by atoms with van der Waals surface area (Å²) in [4.78, 5) is 14.3. The highest BCUT2D eigenvalue weighted by atomic mass is 35.5. The molecule has 0 saturated carbocycles. The maximum absolute atomic E-state index is 13.6. The molecule has 2 aromatic carbocycles. The van der Waals surface area contributed by atoms with Crippen LogP contribution < -0.4 is 0 Å². The number of hydrogen-bond donors (Lipinski definition) is 0. The summed E-state index contributed by atoms with van der Waals surface area (Å²) in [5.74, 6) is -3.46. The van der Waals surface area contributed by atoms with Crippen molar-refractivity contribution in [3.05, 3.63) is 64.3 Å². The molecule has 0 saturated heterocycles. The van der Waals surface area contributed by atoms with Crippen molar-refractivity contribution in [2.45, 2.75) is 19.4 Å². The number of nitrogens with zero attached hydrogens (tertiary/aromatic N) is 3. The quantitative estimate of drug-likeness (QED) is 0.532. The van der Waals surface area contributed by atoms with Crippen molar-refractivity contribution in [2.24, 2.45) is 0 Å². The van der Waals surface area contributed by atoms with Gasteiger partial charge in [0, 0.05) is 29.6 Å². The summed E-state index contributed by atoms with van der Waals surface area (Å²) in [5.41, 5.74) is 2.75. The summed E-state index contributed by atoms with van der Waals surface area (Å²) in [6.07, 6.45) is 0. The van der Waals surface area contributed by atoms with E-state index in [1.54, 1.807) is 41.1 Å². The predicted octanol–water partition coefficient (Wildman–Crippen LogP) is 5.63. The predicted molar refractivity (Wildman–Crippen MR) is 110 cm³/mol. The zero-order valence-corrected chi connectivity index (χ0v) is 17.0. The van der Waals surface area contributed by atoms with E-state index in [9.17, 15) is 13.6 Å². The average Bonchev–Trinajstić information content (AvgIpc) is 3.04. The van der Waals surface area contributed by atoms with Gasteiger partial charge in [-0.25, -0.2) is 8.78 Å². The number of carbonyl (C=O) groups is 1. The first-order valence-electron chi connectivity index (χ1n) is 9.03. The van der Waals surface area contributed by atoms with Gasteiger partial charge in [-0.05, 0) is 23.8 Å². The van der Waals surface area contributed by atoms with E-state index in [0.717, 1.165) is 6.92 Å². The Kier molecular flexibility index (Phi) is 5.09. The van der Waals surface area contributed by atoms with Crippen LogP contribution in [0.5, 0.6) is 0 Å². The monoisotopic (exact) mass is 435 g/mol. The highest BCUT2D eigenvalue weighted by Gasteiger charge is 2.36. The van der Waals surface area contributed by atoms with Gasteiger partial charge in [-0.1, -0.05) is 53.5 Å². The van der Waals surface area contributed by atoms with Gasteiger partial charge in [0.2, 0.25) is 0 Å². The van der Waals surface area contributed by atoms with Crippen LogP contribution >= 0.6 is 23.2 Å². The normalized spacial score (nSPS) is 14.2. The highest BCUT2D eigenvalue weighted by molar-refractivity contribution is 6.33. The maximum atomic E-state index is 13.6. The third kappa shape index (κ3) is 3.87. The molecule has 8 heteroatoms. The Morgan fingerprint density at radius 1 is 1.07 bits per heavy atom. The second-order valence-electron chi connectivity index (χ2n) is 7.08. The Morgan fingerprint density at radius 3 is 2.41 bits per heavy atom. The average molecular weight is 436 g/mol. The number of aromatic nitrogens is 2. The summed E-state index contributed by atoms with van der Waals surface area (Å²) in [6.45, 7) is 0.654. The van der Waals surface area contributed by atoms with Gasteiger partial charge in [-0.15, -0.1) is 0 Å². The van der Waals surface area contributed by atoms with Crippen LogP contribution in [0, 0.1) is 0 Å². The van der Waals surface area contributed by atoms with E-state index in [2.05, 4.69) is 5.10 Å². The van der Waals surface area contributed by atoms with Crippen molar-refractivity contribution >= 4 is 29.1 Å². The van der Waals surface area contributed by atoms with Crippen LogP contribution in [0.3, 0.4) is 0 Å². The summed E-state index contributed by atoms with van der Waals surface area (Å²) in [5, 5.41) is 5.66. The Bertz CT molecular complexity index is 1070. The number of amides is 1. The highest BCUT2D eigenvalue weighted by Crippen LogP contribution is 2.39. The number of fused-ring (bicyclic) bond motifs is 1. The van der Waals surface area contributed by atoms with Crippen molar-refractivity contribution < 1.29 is 13.6 Å². The van der Waals surface area contributed by atoms with Crippen LogP contribution in [-0.4, -0.2) is 39.6 Å². The Labute approximate surface area is 176 Å². The van der Waals surface area contributed by atoms with Crippen molar-refractivity contribution in [1.82, 2.24) is 14.7 Å². The van der Waals surface area contributed by atoms with Gasteiger partial charge in [0.15, 0.2) is 0 Å². The van der Waals surface area contributed by atoms with Crippen LogP contribution in [0.4, 0.5) is 8.78 Å². The second-order valence-corrected chi connectivity index (χ2v) is 7.92. The SMILES string of the molecule is CC(F)(F)CN1CCn2nc(-c3ccccc3Cl)c(-c3ccc(Cl)cc3)c2C1=O. The van der Waals surface area contributed by atoms with Crippen LogP contribution in [0.15, 0.2) is 48.5 Å². The molecule has 1 aliphatic heterocycles. The van der Waals surface area contributed by atoms with E-state index in [0.29, 0.717) is 39.0 Å². The van der Waals surface area contributed by atoms with Gasteiger partial charge in [-0.3, -0.25) is 9.48 Å². The van der Waals surface area contributed by atoms with Gasteiger partial charge < -0.3 is 4.90 Å². The van der Waals surface area contributed by atoms with E-state index in [1.807, 2.05) is 12.1 Å².